The predicted octanol–water partition coefficient (Wildman–Crippen LogP) is 4.85. The maximum atomic E-state index is 14.2. The van der Waals surface area contributed by atoms with Crippen molar-refractivity contribution in [1.29, 1.82) is 0 Å². The zero-order chi connectivity index (χ0) is 20.9. The molecule has 4 heterocycles. The number of rotatable bonds is 4. The van der Waals surface area contributed by atoms with Crippen LogP contribution in [0.1, 0.15) is 49.0 Å². The Balaban J connectivity index is 1.27. The summed E-state index contributed by atoms with van der Waals surface area (Å²) in [6.45, 7) is 1.66. The average Bonchev–Trinajstić information content (AvgIpc) is 3.55. The standard InChI is InChI=1S/C25H25FN4O/c26-21-7-8-22(20-2-1-11-28-23(20)21)29-12-9-17(10-13-29)25(31)24-19(16-3-4-16)6-5-18-14-27-15-30(18)24/h1-2,5-8,11,14-17,25,31H,3-4,9-10,12-13H2. The molecular formula is C25H25FN4O. The molecule has 0 amide bonds. The molecule has 2 fully saturated rings. The van der Waals surface area contributed by atoms with Gasteiger partial charge in [-0.3, -0.25) is 4.98 Å². The number of aliphatic hydroxyl groups excluding tert-OH is 1. The molecule has 1 saturated heterocycles. The highest BCUT2D eigenvalue weighted by Gasteiger charge is 2.34. The third-order valence-corrected chi connectivity index (χ3v) is 6.98. The van der Waals surface area contributed by atoms with Gasteiger partial charge in [0, 0.05) is 30.4 Å². The van der Waals surface area contributed by atoms with Gasteiger partial charge in [-0.05, 0) is 73.4 Å². The first-order chi connectivity index (χ1) is 15.2. The van der Waals surface area contributed by atoms with E-state index in [2.05, 4.69) is 31.4 Å². The van der Waals surface area contributed by atoms with Crippen molar-refractivity contribution in [2.75, 3.05) is 18.0 Å². The van der Waals surface area contributed by atoms with Gasteiger partial charge in [0.1, 0.15) is 11.3 Å². The molecule has 1 unspecified atom stereocenters. The highest BCUT2D eigenvalue weighted by atomic mass is 19.1. The van der Waals surface area contributed by atoms with Crippen molar-refractivity contribution in [3.63, 3.8) is 0 Å². The van der Waals surface area contributed by atoms with Gasteiger partial charge in [0.05, 0.1) is 29.8 Å². The molecule has 6 rings (SSSR count). The van der Waals surface area contributed by atoms with Crippen LogP contribution in [0, 0.1) is 11.7 Å². The summed E-state index contributed by atoms with van der Waals surface area (Å²) in [7, 11) is 0. The first-order valence-corrected chi connectivity index (χ1v) is 11.1. The van der Waals surface area contributed by atoms with E-state index in [0.29, 0.717) is 11.4 Å². The molecule has 158 valence electrons. The quantitative estimate of drug-likeness (QED) is 0.517. The molecule has 1 N–H and O–H groups in total. The lowest BCUT2D eigenvalue weighted by Gasteiger charge is -2.36. The third kappa shape index (κ3) is 3.17. The maximum absolute atomic E-state index is 14.2. The molecule has 0 radical (unpaired) electrons. The Labute approximate surface area is 180 Å². The number of hydrogen-bond acceptors (Lipinski definition) is 4. The molecule has 6 heteroatoms. The fraction of sp³-hybridized carbons (Fsp3) is 0.360. The summed E-state index contributed by atoms with van der Waals surface area (Å²) in [6, 6.07) is 11.4. The van der Waals surface area contributed by atoms with Crippen LogP contribution >= 0.6 is 0 Å². The number of pyridine rings is 2. The second-order valence-electron chi connectivity index (χ2n) is 8.87. The molecule has 1 aromatic carbocycles. The van der Waals surface area contributed by atoms with Gasteiger partial charge < -0.3 is 14.4 Å². The van der Waals surface area contributed by atoms with Crippen molar-refractivity contribution in [1.82, 2.24) is 14.4 Å². The van der Waals surface area contributed by atoms with Gasteiger partial charge in [0.25, 0.3) is 0 Å². The number of nitrogens with zero attached hydrogens (tertiary/aromatic N) is 4. The Bertz CT molecular complexity index is 1260. The van der Waals surface area contributed by atoms with Crippen molar-refractivity contribution in [2.45, 2.75) is 37.7 Å². The number of fused-ring (bicyclic) bond motifs is 2. The van der Waals surface area contributed by atoms with Gasteiger partial charge in [0.15, 0.2) is 0 Å². The normalized spacial score (nSPS) is 18.7. The number of hydrogen-bond donors (Lipinski definition) is 1. The van der Waals surface area contributed by atoms with Crippen molar-refractivity contribution in [3.8, 4) is 0 Å². The summed E-state index contributed by atoms with van der Waals surface area (Å²) in [5.74, 6) is 0.465. The number of aromatic nitrogens is 3. The SMILES string of the molecule is OC(c1c(C2CC2)ccc2cncn12)C1CCN(c2ccc(F)c3ncccc23)CC1. The molecular weight excluding hydrogens is 391 g/mol. The zero-order valence-electron chi connectivity index (χ0n) is 17.3. The Morgan fingerprint density at radius 1 is 1.03 bits per heavy atom. The van der Waals surface area contributed by atoms with Crippen LogP contribution in [0.2, 0.25) is 0 Å². The fourth-order valence-electron chi connectivity index (χ4n) is 5.16. The predicted molar refractivity (Wildman–Crippen MR) is 119 cm³/mol. The molecule has 3 aromatic heterocycles. The largest absolute Gasteiger partial charge is 0.387 e. The van der Waals surface area contributed by atoms with Gasteiger partial charge in [-0.15, -0.1) is 0 Å². The van der Waals surface area contributed by atoms with E-state index < -0.39 is 6.10 Å². The Morgan fingerprint density at radius 3 is 2.68 bits per heavy atom. The van der Waals surface area contributed by atoms with E-state index in [4.69, 9.17) is 0 Å². The average molecular weight is 417 g/mol. The van der Waals surface area contributed by atoms with Crippen molar-refractivity contribution >= 4 is 22.1 Å². The van der Waals surface area contributed by atoms with Crippen LogP contribution in [0.3, 0.4) is 0 Å². The molecule has 1 aliphatic carbocycles. The maximum Gasteiger partial charge on any atom is 0.149 e. The van der Waals surface area contributed by atoms with E-state index in [1.165, 1.54) is 24.5 Å². The Kier molecular flexibility index (Phi) is 4.42. The summed E-state index contributed by atoms with van der Waals surface area (Å²) < 4.78 is 16.2. The van der Waals surface area contributed by atoms with Crippen LogP contribution in [0.25, 0.3) is 16.4 Å². The van der Waals surface area contributed by atoms with Gasteiger partial charge in [-0.25, -0.2) is 9.37 Å². The summed E-state index contributed by atoms with van der Waals surface area (Å²) in [5.41, 5.74) is 4.76. The van der Waals surface area contributed by atoms with Crippen LogP contribution in [-0.2, 0) is 0 Å². The second kappa shape index (κ2) is 7.31. The van der Waals surface area contributed by atoms with Crippen molar-refractivity contribution < 1.29 is 9.50 Å². The van der Waals surface area contributed by atoms with Gasteiger partial charge in [0.2, 0.25) is 0 Å². The molecule has 5 nitrogen and oxygen atoms in total. The molecule has 1 atom stereocenters. The molecule has 31 heavy (non-hydrogen) atoms. The molecule has 0 spiro atoms. The smallest absolute Gasteiger partial charge is 0.149 e. The van der Waals surface area contributed by atoms with Gasteiger partial charge in [-0.2, -0.15) is 0 Å². The lowest BCUT2D eigenvalue weighted by molar-refractivity contribution is 0.0871. The van der Waals surface area contributed by atoms with Crippen molar-refractivity contribution in [3.05, 3.63) is 72.2 Å². The summed E-state index contributed by atoms with van der Waals surface area (Å²) >= 11 is 0. The van der Waals surface area contributed by atoms with E-state index >= 15 is 0 Å². The number of halogens is 1. The van der Waals surface area contributed by atoms with Gasteiger partial charge in [-0.1, -0.05) is 6.07 Å². The van der Waals surface area contributed by atoms with E-state index in [-0.39, 0.29) is 11.7 Å². The molecule has 0 bridgehead atoms. The highest BCUT2D eigenvalue weighted by Crippen LogP contribution is 2.45. The Morgan fingerprint density at radius 2 is 1.87 bits per heavy atom. The summed E-state index contributed by atoms with van der Waals surface area (Å²) in [5, 5.41) is 12.3. The van der Waals surface area contributed by atoms with Crippen LogP contribution in [-0.4, -0.2) is 32.6 Å². The number of aliphatic hydroxyl groups is 1. The van der Waals surface area contributed by atoms with Crippen molar-refractivity contribution in [2.24, 2.45) is 5.92 Å². The summed E-state index contributed by atoms with van der Waals surface area (Å²) in [4.78, 5) is 10.8. The lowest BCUT2D eigenvalue weighted by atomic mass is 9.86. The van der Waals surface area contributed by atoms with E-state index in [1.54, 1.807) is 6.20 Å². The highest BCUT2D eigenvalue weighted by molar-refractivity contribution is 5.92. The molecule has 1 saturated carbocycles. The van der Waals surface area contributed by atoms with E-state index in [0.717, 1.165) is 48.2 Å². The second-order valence-corrected chi connectivity index (χ2v) is 8.87. The van der Waals surface area contributed by atoms with Crippen LogP contribution < -0.4 is 4.90 Å². The van der Waals surface area contributed by atoms with E-state index in [9.17, 15) is 9.50 Å². The van der Waals surface area contributed by atoms with E-state index in [1.807, 2.05) is 30.7 Å². The number of anilines is 1. The van der Waals surface area contributed by atoms with Crippen LogP contribution in [0.4, 0.5) is 10.1 Å². The molecule has 4 aromatic rings. The first-order valence-electron chi connectivity index (χ1n) is 11.1. The number of benzene rings is 1. The first kappa shape index (κ1) is 18.8. The Hall–Kier alpha value is -2.99. The van der Waals surface area contributed by atoms with Gasteiger partial charge >= 0.3 is 0 Å². The fourth-order valence-corrected chi connectivity index (χ4v) is 5.16. The minimum absolute atomic E-state index is 0.187. The summed E-state index contributed by atoms with van der Waals surface area (Å²) in [6.07, 6.45) is 8.96. The lowest BCUT2D eigenvalue weighted by Crippen LogP contribution is -2.36. The minimum Gasteiger partial charge on any atom is -0.387 e. The van der Waals surface area contributed by atoms with Crippen LogP contribution in [0.5, 0.6) is 0 Å². The van der Waals surface area contributed by atoms with Crippen LogP contribution in [0.15, 0.2) is 55.1 Å². The number of imidazole rings is 1. The monoisotopic (exact) mass is 416 g/mol. The topological polar surface area (TPSA) is 53.7 Å². The third-order valence-electron chi connectivity index (χ3n) is 6.98. The minimum atomic E-state index is -0.512. The molecule has 1 aliphatic heterocycles. The number of piperidine rings is 1. The molecule has 2 aliphatic rings. The zero-order valence-corrected chi connectivity index (χ0v) is 17.3.